The van der Waals surface area contributed by atoms with Gasteiger partial charge >= 0.3 is 6.03 Å². The van der Waals surface area contributed by atoms with Gasteiger partial charge in [-0.2, -0.15) is 0 Å². The molecule has 0 aliphatic heterocycles. The van der Waals surface area contributed by atoms with Gasteiger partial charge in [-0.1, -0.05) is 50.1 Å². The van der Waals surface area contributed by atoms with Gasteiger partial charge < -0.3 is 10.6 Å². The lowest BCUT2D eigenvalue weighted by Gasteiger charge is -2.14. The van der Waals surface area contributed by atoms with Crippen LogP contribution in [0.15, 0.2) is 30.3 Å². The Bertz CT molecular complexity index is 324. The Morgan fingerprint density at radius 3 is 2.59 bits per heavy atom. The Balaban J connectivity index is 2.26. The van der Waals surface area contributed by atoms with Crippen LogP contribution in [0.3, 0.4) is 0 Å². The third-order valence-electron chi connectivity index (χ3n) is 2.71. The van der Waals surface area contributed by atoms with Crippen LogP contribution in [-0.2, 0) is 0 Å². The fourth-order valence-corrected chi connectivity index (χ4v) is 1.65. The highest BCUT2D eigenvalue weighted by Gasteiger charge is 2.07. The molecule has 1 aromatic rings. The van der Waals surface area contributed by atoms with E-state index in [4.69, 9.17) is 0 Å². The minimum atomic E-state index is -0.0857. The number of hydrogen-bond donors (Lipinski definition) is 2. The molecule has 0 aliphatic carbocycles. The Morgan fingerprint density at radius 2 is 1.94 bits per heavy atom. The Morgan fingerprint density at radius 1 is 1.24 bits per heavy atom. The number of carbonyl (C=O) groups is 1. The fraction of sp³-hybridized carbons (Fsp3) is 0.500. The predicted molar refractivity (Wildman–Crippen MR) is 70.9 cm³/mol. The summed E-state index contributed by atoms with van der Waals surface area (Å²) in [6.45, 7) is 4.89. The van der Waals surface area contributed by atoms with E-state index in [-0.39, 0.29) is 12.1 Å². The molecule has 94 valence electrons. The molecule has 0 heterocycles. The summed E-state index contributed by atoms with van der Waals surface area (Å²) in [5.41, 5.74) is 1.12. The molecule has 0 saturated heterocycles. The third-order valence-corrected chi connectivity index (χ3v) is 2.71. The van der Waals surface area contributed by atoms with Crippen LogP contribution >= 0.6 is 0 Å². The van der Waals surface area contributed by atoms with Crippen molar-refractivity contribution in [1.29, 1.82) is 0 Å². The molecule has 17 heavy (non-hydrogen) atoms. The zero-order chi connectivity index (χ0) is 12.5. The molecule has 2 amide bonds. The molecular formula is C14H22N2O. The number of urea groups is 1. The zero-order valence-corrected chi connectivity index (χ0v) is 10.7. The molecule has 1 rings (SSSR count). The summed E-state index contributed by atoms with van der Waals surface area (Å²) < 4.78 is 0. The number of amides is 2. The van der Waals surface area contributed by atoms with Crippen molar-refractivity contribution in [3.05, 3.63) is 35.9 Å². The standard InChI is InChI=1S/C14H22N2O/c1-3-4-8-11-15-14(17)16-12(2)13-9-6-5-7-10-13/h5-7,9-10,12H,3-4,8,11H2,1-2H3,(H2,15,16,17)/t12-/m0/s1. The fourth-order valence-electron chi connectivity index (χ4n) is 1.65. The number of rotatable bonds is 6. The number of nitrogens with one attached hydrogen (secondary N) is 2. The maximum Gasteiger partial charge on any atom is 0.315 e. The van der Waals surface area contributed by atoms with Crippen molar-refractivity contribution < 1.29 is 4.79 Å². The Labute approximate surface area is 104 Å². The first-order chi connectivity index (χ1) is 8.24. The van der Waals surface area contributed by atoms with Crippen molar-refractivity contribution in [2.24, 2.45) is 0 Å². The van der Waals surface area contributed by atoms with Crippen LogP contribution in [0.25, 0.3) is 0 Å². The van der Waals surface area contributed by atoms with Gasteiger partial charge in [0.2, 0.25) is 0 Å². The van der Waals surface area contributed by atoms with E-state index in [1.165, 1.54) is 6.42 Å². The van der Waals surface area contributed by atoms with E-state index in [9.17, 15) is 4.79 Å². The van der Waals surface area contributed by atoms with Gasteiger partial charge in [0.05, 0.1) is 6.04 Å². The van der Waals surface area contributed by atoms with Gasteiger partial charge in [-0.25, -0.2) is 4.79 Å². The monoisotopic (exact) mass is 234 g/mol. The third kappa shape index (κ3) is 5.38. The Kier molecular flexibility index (Phi) is 6.15. The van der Waals surface area contributed by atoms with Crippen LogP contribution in [0.1, 0.15) is 44.7 Å². The zero-order valence-electron chi connectivity index (χ0n) is 10.7. The highest BCUT2D eigenvalue weighted by molar-refractivity contribution is 5.74. The second kappa shape index (κ2) is 7.71. The van der Waals surface area contributed by atoms with E-state index in [2.05, 4.69) is 17.6 Å². The van der Waals surface area contributed by atoms with Gasteiger partial charge in [-0.05, 0) is 18.9 Å². The van der Waals surface area contributed by atoms with E-state index in [1.54, 1.807) is 0 Å². The molecule has 0 spiro atoms. The SMILES string of the molecule is CCCCCNC(=O)N[C@@H](C)c1ccccc1. The highest BCUT2D eigenvalue weighted by Crippen LogP contribution is 2.10. The van der Waals surface area contributed by atoms with Crippen LogP contribution in [0.4, 0.5) is 4.79 Å². The second-order valence-corrected chi connectivity index (χ2v) is 4.24. The largest absolute Gasteiger partial charge is 0.338 e. The van der Waals surface area contributed by atoms with Gasteiger partial charge in [0.25, 0.3) is 0 Å². The molecule has 0 saturated carbocycles. The summed E-state index contributed by atoms with van der Waals surface area (Å²) in [6, 6.07) is 9.92. The lowest BCUT2D eigenvalue weighted by atomic mass is 10.1. The van der Waals surface area contributed by atoms with Gasteiger partial charge in [0.1, 0.15) is 0 Å². The van der Waals surface area contributed by atoms with Crippen molar-refractivity contribution in [3.8, 4) is 0 Å². The van der Waals surface area contributed by atoms with Crippen LogP contribution < -0.4 is 10.6 Å². The van der Waals surface area contributed by atoms with Crippen molar-refractivity contribution in [2.75, 3.05) is 6.54 Å². The topological polar surface area (TPSA) is 41.1 Å². The summed E-state index contributed by atoms with van der Waals surface area (Å²) in [6.07, 6.45) is 3.38. The van der Waals surface area contributed by atoms with Crippen LogP contribution in [0.5, 0.6) is 0 Å². The number of benzene rings is 1. The predicted octanol–water partition coefficient (Wildman–Crippen LogP) is 3.24. The molecule has 2 N–H and O–H groups in total. The van der Waals surface area contributed by atoms with E-state index in [1.807, 2.05) is 37.3 Å². The molecular weight excluding hydrogens is 212 g/mol. The molecule has 0 radical (unpaired) electrons. The summed E-state index contributed by atoms with van der Waals surface area (Å²) in [5, 5.41) is 5.79. The number of unbranched alkanes of at least 4 members (excludes halogenated alkanes) is 2. The normalized spacial score (nSPS) is 11.9. The van der Waals surface area contributed by atoms with Gasteiger partial charge in [-0.3, -0.25) is 0 Å². The summed E-state index contributed by atoms with van der Waals surface area (Å²) in [4.78, 5) is 11.6. The lowest BCUT2D eigenvalue weighted by Crippen LogP contribution is -2.37. The molecule has 1 atom stereocenters. The average molecular weight is 234 g/mol. The summed E-state index contributed by atoms with van der Waals surface area (Å²) in [5.74, 6) is 0. The molecule has 3 heteroatoms. The van der Waals surface area contributed by atoms with Crippen LogP contribution in [0.2, 0.25) is 0 Å². The number of carbonyl (C=O) groups excluding carboxylic acids is 1. The van der Waals surface area contributed by atoms with E-state index in [0.29, 0.717) is 0 Å². The molecule has 3 nitrogen and oxygen atoms in total. The van der Waals surface area contributed by atoms with Crippen LogP contribution in [0, 0.1) is 0 Å². The Hall–Kier alpha value is -1.51. The minimum Gasteiger partial charge on any atom is -0.338 e. The smallest absolute Gasteiger partial charge is 0.315 e. The first-order valence-electron chi connectivity index (χ1n) is 6.33. The van der Waals surface area contributed by atoms with Crippen molar-refractivity contribution >= 4 is 6.03 Å². The molecule has 1 aromatic carbocycles. The quantitative estimate of drug-likeness (QED) is 0.729. The van der Waals surface area contributed by atoms with Crippen molar-refractivity contribution in [3.63, 3.8) is 0 Å². The highest BCUT2D eigenvalue weighted by atomic mass is 16.2. The molecule has 0 fully saturated rings. The van der Waals surface area contributed by atoms with Gasteiger partial charge in [-0.15, -0.1) is 0 Å². The van der Waals surface area contributed by atoms with Crippen molar-refractivity contribution in [1.82, 2.24) is 10.6 Å². The minimum absolute atomic E-state index is 0.0439. The molecule has 0 unspecified atom stereocenters. The average Bonchev–Trinajstić information content (AvgIpc) is 2.36. The lowest BCUT2D eigenvalue weighted by molar-refractivity contribution is 0.237. The van der Waals surface area contributed by atoms with E-state index < -0.39 is 0 Å². The van der Waals surface area contributed by atoms with E-state index in [0.717, 1.165) is 24.9 Å². The second-order valence-electron chi connectivity index (χ2n) is 4.24. The summed E-state index contributed by atoms with van der Waals surface area (Å²) in [7, 11) is 0. The summed E-state index contributed by atoms with van der Waals surface area (Å²) >= 11 is 0. The van der Waals surface area contributed by atoms with E-state index >= 15 is 0 Å². The first kappa shape index (κ1) is 13.6. The molecule has 0 bridgehead atoms. The van der Waals surface area contributed by atoms with Gasteiger partial charge in [0.15, 0.2) is 0 Å². The van der Waals surface area contributed by atoms with Gasteiger partial charge in [0, 0.05) is 6.54 Å². The molecule has 0 aromatic heterocycles. The first-order valence-corrected chi connectivity index (χ1v) is 6.33. The number of hydrogen-bond acceptors (Lipinski definition) is 1. The maximum absolute atomic E-state index is 11.6. The van der Waals surface area contributed by atoms with Crippen molar-refractivity contribution in [2.45, 2.75) is 39.2 Å². The maximum atomic E-state index is 11.6. The van der Waals surface area contributed by atoms with Crippen LogP contribution in [-0.4, -0.2) is 12.6 Å². The molecule has 0 aliphatic rings.